The third-order valence-corrected chi connectivity index (χ3v) is 6.48. The normalized spacial score (nSPS) is 25.5. The minimum Gasteiger partial charge on any atom is -0.331 e. The molecular formula is C20H26N4OS. The molecule has 3 atom stereocenters. The van der Waals surface area contributed by atoms with E-state index in [2.05, 4.69) is 46.0 Å². The van der Waals surface area contributed by atoms with E-state index in [1.54, 1.807) is 16.2 Å². The van der Waals surface area contributed by atoms with Gasteiger partial charge in [0.25, 0.3) is 0 Å². The van der Waals surface area contributed by atoms with Crippen molar-refractivity contribution in [3.8, 4) is 0 Å². The molecule has 1 aromatic carbocycles. The Morgan fingerprint density at radius 2 is 2.08 bits per heavy atom. The van der Waals surface area contributed by atoms with E-state index >= 15 is 0 Å². The molecule has 2 amide bonds. The van der Waals surface area contributed by atoms with Crippen LogP contribution < -0.4 is 0 Å². The summed E-state index contributed by atoms with van der Waals surface area (Å²) in [5.74, 6) is 1.02. The zero-order chi connectivity index (χ0) is 18.3. The molecule has 26 heavy (non-hydrogen) atoms. The summed E-state index contributed by atoms with van der Waals surface area (Å²) < 4.78 is 0. The number of carbonyl (C=O) groups excluding carboxylic acids is 1. The summed E-state index contributed by atoms with van der Waals surface area (Å²) in [5.41, 5.74) is 2.57. The third kappa shape index (κ3) is 3.12. The Morgan fingerprint density at radius 1 is 1.27 bits per heavy atom. The summed E-state index contributed by atoms with van der Waals surface area (Å²) in [7, 11) is 3.69. The van der Waals surface area contributed by atoms with Gasteiger partial charge in [-0.3, -0.25) is 4.90 Å². The van der Waals surface area contributed by atoms with Crippen molar-refractivity contribution in [2.24, 2.45) is 11.8 Å². The van der Waals surface area contributed by atoms with E-state index in [1.165, 1.54) is 16.1 Å². The number of amides is 2. The summed E-state index contributed by atoms with van der Waals surface area (Å²) in [4.78, 5) is 23.6. The predicted octanol–water partition coefficient (Wildman–Crippen LogP) is 3.24. The molecule has 1 aromatic heterocycles. The number of benzene rings is 1. The molecule has 2 aliphatic heterocycles. The van der Waals surface area contributed by atoms with Crippen LogP contribution in [0.2, 0.25) is 0 Å². The van der Waals surface area contributed by atoms with Crippen LogP contribution in [0.25, 0.3) is 0 Å². The van der Waals surface area contributed by atoms with Crippen molar-refractivity contribution in [1.82, 2.24) is 19.7 Å². The van der Waals surface area contributed by atoms with E-state index in [-0.39, 0.29) is 12.1 Å². The molecule has 0 spiro atoms. The Labute approximate surface area is 159 Å². The quantitative estimate of drug-likeness (QED) is 0.833. The van der Waals surface area contributed by atoms with Crippen molar-refractivity contribution in [3.05, 3.63) is 52.0 Å². The van der Waals surface area contributed by atoms with Crippen molar-refractivity contribution in [3.63, 3.8) is 0 Å². The predicted molar refractivity (Wildman–Crippen MR) is 104 cm³/mol. The summed E-state index contributed by atoms with van der Waals surface area (Å²) in [5, 5.41) is 3.22. The molecule has 5 nitrogen and oxygen atoms in total. The lowest BCUT2D eigenvalue weighted by atomic mass is 9.88. The molecule has 4 rings (SSSR count). The van der Waals surface area contributed by atoms with Crippen LogP contribution in [-0.4, -0.2) is 59.4 Å². The van der Waals surface area contributed by atoms with Gasteiger partial charge in [0.15, 0.2) is 0 Å². The number of carbonyl (C=O) groups is 1. The number of likely N-dealkylation sites (tertiary alicyclic amines) is 2. The Balaban J connectivity index is 1.60. The van der Waals surface area contributed by atoms with Crippen LogP contribution in [-0.2, 0) is 6.54 Å². The van der Waals surface area contributed by atoms with Crippen molar-refractivity contribution in [2.45, 2.75) is 19.5 Å². The van der Waals surface area contributed by atoms with Crippen molar-refractivity contribution in [2.75, 3.05) is 33.7 Å². The van der Waals surface area contributed by atoms with Crippen LogP contribution in [0.4, 0.5) is 4.79 Å². The van der Waals surface area contributed by atoms with E-state index in [1.807, 2.05) is 25.7 Å². The van der Waals surface area contributed by atoms with Gasteiger partial charge >= 0.3 is 6.03 Å². The Morgan fingerprint density at radius 3 is 2.77 bits per heavy atom. The van der Waals surface area contributed by atoms with E-state index < -0.39 is 0 Å². The fraction of sp³-hybridized carbons (Fsp3) is 0.500. The van der Waals surface area contributed by atoms with E-state index in [4.69, 9.17) is 0 Å². The summed E-state index contributed by atoms with van der Waals surface area (Å²) in [6, 6.07) is 8.81. The van der Waals surface area contributed by atoms with Crippen molar-refractivity contribution >= 4 is 17.4 Å². The zero-order valence-electron chi connectivity index (χ0n) is 15.6. The number of hydrogen-bond donors (Lipinski definition) is 0. The highest BCUT2D eigenvalue weighted by molar-refractivity contribution is 7.09. The van der Waals surface area contributed by atoms with Crippen LogP contribution in [0.5, 0.6) is 0 Å². The highest BCUT2D eigenvalue weighted by atomic mass is 32.1. The van der Waals surface area contributed by atoms with Gasteiger partial charge in [0.2, 0.25) is 0 Å². The first-order valence-electron chi connectivity index (χ1n) is 9.18. The van der Waals surface area contributed by atoms with Gasteiger partial charge in [-0.2, -0.15) is 0 Å². The number of fused-ring (bicyclic) bond motifs is 1. The molecular weight excluding hydrogens is 344 g/mol. The average Bonchev–Trinajstić information content (AvgIpc) is 3.31. The lowest BCUT2D eigenvalue weighted by Crippen LogP contribution is -2.41. The lowest BCUT2D eigenvalue weighted by molar-refractivity contribution is 0.151. The second-order valence-corrected chi connectivity index (χ2v) is 8.65. The first kappa shape index (κ1) is 17.5. The van der Waals surface area contributed by atoms with Gasteiger partial charge in [-0.05, 0) is 24.0 Å². The van der Waals surface area contributed by atoms with E-state index in [9.17, 15) is 4.79 Å². The molecule has 0 radical (unpaired) electrons. The van der Waals surface area contributed by atoms with Crippen LogP contribution >= 0.6 is 11.3 Å². The first-order chi connectivity index (χ1) is 12.5. The number of rotatable bonds is 3. The number of aryl methyl sites for hydroxylation is 1. The van der Waals surface area contributed by atoms with Gasteiger partial charge in [-0.25, -0.2) is 9.78 Å². The Hall–Kier alpha value is -1.92. The molecule has 2 fully saturated rings. The molecule has 3 heterocycles. The Bertz CT molecular complexity index is 776. The SMILES string of the molecule is Cc1ccccc1[C@H]1[C@@H]2CN(Cc3nccs3)C[C@@H]2CN1C(=O)N(C)C. The largest absolute Gasteiger partial charge is 0.331 e. The number of thiazole rings is 1. The summed E-state index contributed by atoms with van der Waals surface area (Å²) >= 11 is 1.72. The molecule has 0 saturated carbocycles. The molecule has 0 N–H and O–H groups in total. The second kappa shape index (κ2) is 7.00. The highest BCUT2D eigenvalue weighted by Gasteiger charge is 2.49. The average molecular weight is 371 g/mol. The fourth-order valence-corrected chi connectivity index (χ4v) is 5.22. The van der Waals surface area contributed by atoms with Gasteiger partial charge in [0.1, 0.15) is 5.01 Å². The molecule has 2 aromatic rings. The molecule has 6 heteroatoms. The van der Waals surface area contributed by atoms with Crippen LogP contribution in [0.3, 0.4) is 0 Å². The van der Waals surface area contributed by atoms with Gasteiger partial charge in [-0.15, -0.1) is 11.3 Å². The topological polar surface area (TPSA) is 39.7 Å². The summed E-state index contributed by atoms with van der Waals surface area (Å²) in [6.45, 7) is 6.00. The molecule has 0 unspecified atom stereocenters. The number of hydrogen-bond acceptors (Lipinski definition) is 4. The maximum absolute atomic E-state index is 12.8. The van der Waals surface area contributed by atoms with Gasteiger partial charge in [-0.1, -0.05) is 24.3 Å². The standard InChI is InChI=1S/C20H26N4OS/c1-14-6-4-5-7-16(14)19-17-12-23(13-18-21-8-9-26-18)10-15(17)11-24(19)20(25)22(2)3/h4-9,15,17,19H,10-13H2,1-3H3/t15-,17-,19+/m1/s1. The van der Waals surface area contributed by atoms with Gasteiger partial charge < -0.3 is 9.80 Å². The first-order valence-corrected chi connectivity index (χ1v) is 10.1. The zero-order valence-corrected chi connectivity index (χ0v) is 16.4. The Kier molecular flexibility index (Phi) is 4.71. The molecule has 0 aliphatic carbocycles. The van der Waals surface area contributed by atoms with Crippen LogP contribution in [0.1, 0.15) is 22.2 Å². The second-order valence-electron chi connectivity index (χ2n) is 7.67. The van der Waals surface area contributed by atoms with E-state index in [0.29, 0.717) is 11.8 Å². The lowest BCUT2D eigenvalue weighted by Gasteiger charge is -2.32. The van der Waals surface area contributed by atoms with E-state index in [0.717, 1.165) is 26.2 Å². The maximum Gasteiger partial charge on any atom is 0.320 e. The van der Waals surface area contributed by atoms with Crippen molar-refractivity contribution < 1.29 is 4.79 Å². The fourth-order valence-electron chi connectivity index (χ4n) is 4.56. The maximum atomic E-state index is 12.8. The molecule has 0 bridgehead atoms. The van der Waals surface area contributed by atoms with Gasteiger partial charge in [0, 0.05) is 51.2 Å². The van der Waals surface area contributed by atoms with Crippen LogP contribution in [0, 0.1) is 18.8 Å². The minimum absolute atomic E-state index is 0.124. The smallest absolute Gasteiger partial charge is 0.320 e. The van der Waals surface area contributed by atoms with Crippen molar-refractivity contribution in [1.29, 1.82) is 0 Å². The number of urea groups is 1. The van der Waals surface area contributed by atoms with Gasteiger partial charge in [0.05, 0.1) is 12.6 Å². The molecule has 138 valence electrons. The van der Waals surface area contributed by atoms with Crippen LogP contribution in [0.15, 0.2) is 35.8 Å². The molecule has 2 aliphatic rings. The monoisotopic (exact) mass is 370 g/mol. The minimum atomic E-state index is 0.124. The summed E-state index contributed by atoms with van der Waals surface area (Å²) in [6.07, 6.45) is 1.88. The highest BCUT2D eigenvalue weighted by Crippen LogP contribution is 2.46. The number of aromatic nitrogens is 1. The molecule has 2 saturated heterocycles. The third-order valence-electron chi connectivity index (χ3n) is 5.72. The number of nitrogens with zero attached hydrogens (tertiary/aromatic N) is 4.